The molecule has 0 spiro atoms. The lowest BCUT2D eigenvalue weighted by Gasteiger charge is -2.11. The Bertz CT molecular complexity index is 351. The van der Waals surface area contributed by atoms with Crippen molar-refractivity contribution >= 4 is 5.91 Å². The average Bonchev–Trinajstić information content (AvgIpc) is 2.45. The van der Waals surface area contributed by atoms with Crippen LogP contribution in [-0.4, -0.2) is 23.7 Å². The monoisotopic (exact) mass is 263 g/mol. The molecule has 0 bridgehead atoms. The molecule has 19 heavy (non-hydrogen) atoms. The van der Waals surface area contributed by atoms with Gasteiger partial charge in [-0.2, -0.15) is 0 Å². The van der Waals surface area contributed by atoms with Crippen molar-refractivity contribution in [3.8, 4) is 0 Å². The second kappa shape index (κ2) is 9.56. The molecule has 0 aliphatic rings. The Morgan fingerprint density at radius 2 is 1.95 bits per heavy atom. The minimum absolute atomic E-state index is 0.243. The molecule has 1 amide bonds. The lowest BCUT2D eigenvalue weighted by atomic mass is 10.1. The number of nitrogens with one attached hydrogen (secondary N) is 1. The van der Waals surface area contributed by atoms with Gasteiger partial charge in [-0.15, -0.1) is 0 Å². The Labute approximate surface area is 116 Å². The highest BCUT2D eigenvalue weighted by molar-refractivity contribution is 5.80. The molecule has 1 atom stereocenters. The highest BCUT2D eigenvalue weighted by Crippen LogP contribution is 2.05. The van der Waals surface area contributed by atoms with Gasteiger partial charge in [0.25, 0.3) is 0 Å². The Morgan fingerprint density at radius 1 is 1.21 bits per heavy atom. The molecule has 0 aliphatic heterocycles. The van der Waals surface area contributed by atoms with Crippen LogP contribution in [0.25, 0.3) is 0 Å². The number of hydrogen-bond acceptors (Lipinski definition) is 2. The maximum atomic E-state index is 11.6. The number of aryl methyl sites for hydroxylation is 1. The number of amides is 1. The average molecular weight is 263 g/mol. The van der Waals surface area contributed by atoms with E-state index in [4.69, 9.17) is 0 Å². The van der Waals surface area contributed by atoms with Gasteiger partial charge < -0.3 is 10.4 Å². The van der Waals surface area contributed by atoms with E-state index in [1.54, 1.807) is 0 Å². The van der Waals surface area contributed by atoms with Gasteiger partial charge in [0.05, 0.1) is 0 Å². The van der Waals surface area contributed by atoms with Crippen molar-refractivity contribution in [2.75, 3.05) is 6.54 Å². The van der Waals surface area contributed by atoms with Gasteiger partial charge in [-0.1, -0.05) is 56.5 Å². The van der Waals surface area contributed by atoms with Crippen LogP contribution in [0.5, 0.6) is 0 Å². The molecular weight excluding hydrogens is 238 g/mol. The van der Waals surface area contributed by atoms with Crippen molar-refractivity contribution in [3.63, 3.8) is 0 Å². The summed E-state index contributed by atoms with van der Waals surface area (Å²) in [7, 11) is 0. The van der Waals surface area contributed by atoms with Gasteiger partial charge >= 0.3 is 0 Å². The Hall–Kier alpha value is -1.35. The van der Waals surface area contributed by atoms with Gasteiger partial charge in [-0.05, 0) is 24.8 Å². The first kappa shape index (κ1) is 15.7. The molecule has 0 radical (unpaired) electrons. The van der Waals surface area contributed by atoms with E-state index in [-0.39, 0.29) is 5.91 Å². The van der Waals surface area contributed by atoms with E-state index in [9.17, 15) is 9.90 Å². The molecule has 0 heterocycles. The number of aliphatic hydroxyl groups excluding tert-OH is 1. The van der Waals surface area contributed by atoms with Gasteiger partial charge in [0, 0.05) is 6.54 Å². The number of hydrogen-bond donors (Lipinski definition) is 2. The first-order valence-corrected chi connectivity index (χ1v) is 7.23. The first-order chi connectivity index (χ1) is 9.24. The summed E-state index contributed by atoms with van der Waals surface area (Å²) < 4.78 is 0. The third-order valence-corrected chi connectivity index (χ3v) is 3.18. The first-order valence-electron chi connectivity index (χ1n) is 7.23. The normalized spacial score (nSPS) is 12.1. The molecule has 3 nitrogen and oxygen atoms in total. The zero-order valence-electron chi connectivity index (χ0n) is 11.8. The van der Waals surface area contributed by atoms with E-state index < -0.39 is 6.10 Å². The van der Waals surface area contributed by atoms with Gasteiger partial charge in [-0.3, -0.25) is 4.79 Å². The SMILES string of the molecule is CCCCCCNC(=O)C(O)CCc1ccccc1. The number of carbonyl (C=O) groups is 1. The summed E-state index contributed by atoms with van der Waals surface area (Å²) in [5.41, 5.74) is 1.15. The molecule has 0 saturated heterocycles. The Kier molecular flexibility index (Phi) is 7.91. The van der Waals surface area contributed by atoms with Crippen molar-refractivity contribution in [3.05, 3.63) is 35.9 Å². The lowest BCUT2D eigenvalue weighted by Crippen LogP contribution is -2.35. The molecule has 1 rings (SSSR count). The standard InChI is InChI=1S/C16H25NO2/c1-2-3-4-8-13-17-16(19)15(18)12-11-14-9-6-5-7-10-14/h5-7,9-10,15,18H,2-4,8,11-13H2,1H3,(H,17,19). The molecule has 1 unspecified atom stereocenters. The van der Waals surface area contributed by atoms with E-state index in [1.165, 1.54) is 12.8 Å². The molecule has 1 aromatic carbocycles. The summed E-state index contributed by atoms with van der Waals surface area (Å²) in [6.07, 6.45) is 4.82. The minimum Gasteiger partial charge on any atom is -0.383 e. The fourth-order valence-corrected chi connectivity index (χ4v) is 1.96. The number of rotatable bonds is 9. The van der Waals surface area contributed by atoms with Crippen molar-refractivity contribution in [2.45, 2.75) is 51.6 Å². The van der Waals surface area contributed by atoms with Crippen LogP contribution in [-0.2, 0) is 11.2 Å². The predicted octanol–water partition coefficient (Wildman–Crippen LogP) is 2.68. The van der Waals surface area contributed by atoms with Crippen molar-refractivity contribution in [1.82, 2.24) is 5.32 Å². The van der Waals surface area contributed by atoms with E-state index in [1.807, 2.05) is 30.3 Å². The second-order valence-electron chi connectivity index (χ2n) is 4.89. The smallest absolute Gasteiger partial charge is 0.248 e. The molecule has 0 aliphatic carbocycles. The van der Waals surface area contributed by atoms with Crippen LogP contribution in [0.4, 0.5) is 0 Å². The van der Waals surface area contributed by atoms with Crippen LogP contribution in [0.15, 0.2) is 30.3 Å². The van der Waals surface area contributed by atoms with Gasteiger partial charge in [0.2, 0.25) is 5.91 Å². The molecule has 0 aromatic heterocycles. The van der Waals surface area contributed by atoms with Crippen LogP contribution in [0, 0.1) is 0 Å². The molecular formula is C16H25NO2. The zero-order chi connectivity index (χ0) is 13.9. The van der Waals surface area contributed by atoms with E-state index >= 15 is 0 Å². The molecule has 1 aromatic rings. The highest BCUT2D eigenvalue weighted by atomic mass is 16.3. The van der Waals surface area contributed by atoms with Crippen LogP contribution < -0.4 is 5.32 Å². The largest absolute Gasteiger partial charge is 0.383 e. The van der Waals surface area contributed by atoms with Crippen LogP contribution in [0.3, 0.4) is 0 Å². The predicted molar refractivity (Wildman–Crippen MR) is 77.9 cm³/mol. The summed E-state index contributed by atoms with van der Waals surface area (Å²) in [6.45, 7) is 2.83. The van der Waals surface area contributed by atoms with Gasteiger partial charge in [0.15, 0.2) is 0 Å². The van der Waals surface area contributed by atoms with Crippen molar-refractivity contribution in [2.24, 2.45) is 0 Å². The molecule has 0 saturated carbocycles. The number of benzene rings is 1. The fourth-order valence-electron chi connectivity index (χ4n) is 1.96. The zero-order valence-corrected chi connectivity index (χ0v) is 11.8. The summed E-state index contributed by atoms with van der Waals surface area (Å²) >= 11 is 0. The maximum Gasteiger partial charge on any atom is 0.248 e. The van der Waals surface area contributed by atoms with Crippen molar-refractivity contribution < 1.29 is 9.90 Å². The third kappa shape index (κ3) is 6.97. The molecule has 106 valence electrons. The topological polar surface area (TPSA) is 49.3 Å². The summed E-state index contributed by atoms with van der Waals surface area (Å²) in [4.78, 5) is 11.6. The third-order valence-electron chi connectivity index (χ3n) is 3.18. The quantitative estimate of drug-likeness (QED) is 0.673. The Morgan fingerprint density at radius 3 is 2.63 bits per heavy atom. The fraction of sp³-hybridized carbons (Fsp3) is 0.562. The number of unbranched alkanes of at least 4 members (excludes halogenated alkanes) is 3. The van der Waals surface area contributed by atoms with Crippen LogP contribution in [0.1, 0.15) is 44.6 Å². The number of carbonyl (C=O) groups excluding carboxylic acids is 1. The van der Waals surface area contributed by atoms with Crippen LogP contribution >= 0.6 is 0 Å². The highest BCUT2D eigenvalue weighted by Gasteiger charge is 2.13. The molecule has 3 heteroatoms. The van der Waals surface area contributed by atoms with Gasteiger partial charge in [0.1, 0.15) is 6.10 Å². The van der Waals surface area contributed by atoms with Gasteiger partial charge in [-0.25, -0.2) is 0 Å². The minimum atomic E-state index is -0.897. The van der Waals surface area contributed by atoms with E-state index in [0.717, 1.165) is 24.8 Å². The summed E-state index contributed by atoms with van der Waals surface area (Å²) in [6, 6.07) is 9.92. The van der Waals surface area contributed by atoms with E-state index in [0.29, 0.717) is 13.0 Å². The Balaban J connectivity index is 2.14. The van der Waals surface area contributed by atoms with Crippen LogP contribution in [0.2, 0.25) is 0 Å². The van der Waals surface area contributed by atoms with E-state index in [2.05, 4.69) is 12.2 Å². The maximum absolute atomic E-state index is 11.6. The van der Waals surface area contributed by atoms with Crippen molar-refractivity contribution in [1.29, 1.82) is 0 Å². The summed E-state index contributed by atoms with van der Waals surface area (Å²) in [5, 5.41) is 12.6. The number of aliphatic hydroxyl groups is 1. The second-order valence-corrected chi connectivity index (χ2v) is 4.89. The molecule has 0 fully saturated rings. The summed E-state index contributed by atoms with van der Waals surface area (Å²) in [5.74, 6) is -0.243. The molecule has 2 N–H and O–H groups in total. The lowest BCUT2D eigenvalue weighted by molar-refractivity contribution is -0.129.